The Morgan fingerprint density at radius 2 is 1.87 bits per heavy atom. The van der Waals surface area contributed by atoms with E-state index in [1.165, 1.54) is 11.1 Å². The normalized spacial score (nSPS) is 22.2. The molecule has 1 heterocycles. The summed E-state index contributed by atoms with van der Waals surface area (Å²) in [4.78, 5) is 14.4. The molecule has 2 unspecified atom stereocenters. The fourth-order valence-corrected chi connectivity index (χ4v) is 5.43. The van der Waals surface area contributed by atoms with Crippen LogP contribution in [0, 0.1) is 6.92 Å². The zero-order chi connectivity index (χ0) is 22.5. The number of benzene rings is 1. The first-order chi connectivity index (χ1) is 13.7. The molecule has 30 heavy (non-hydrogen) atoms. The van der Waals surface area contributed by atoms with E-state index in [4.69, 9.17) is 16.3 Å². The first-order valence-electron chi connectivity index (χ1n) is 11.0. The number of ether oxygens (including phenoxy) is 1. The molecule has 168 valence electrons. The number of carbonyl (C=O) groups is 1. The number of likely N-dealkylation sites (tertiary alicyclic amines) is 1. The van der Waals surface area contributed by atoms with Crippen LogP contribution in [-0.4, -0.2) is 46.6 Å². The van der Waals surface area contributed by atoms with Gasteiger partial charge in [-0.3, -0.25) is 5.32 Å². The maximum Gasteiger partial charge on any atom is 0.410 e. The van der Waals surface area contributed by atoms with Crippen LogP contribution in [0.5, 0.6) is 0 Å². The molecule has 2 atom stereocenters. The van der Waals surface area contributed by atoms with Gasteiger partial charge in [0.2, 0.25) is 0 Å². The van der Waals surface area contributed by atoms with Gasteiger partial charge in [0, 0.05) is 29.6 Å². The van der Waals surface area contributed by atoms with Crippen LogP contribution < -0.4 is 5.32 Å². The van der Waals surface area contributed by atoms with E-state index in [0.717, 1.165) is 29.8 Å². The maximum atomic E-state index is 12.6. The summed E-state index contributed by atoms with van der Waals surface area (Å²) in [5.41, 5.74) is 2.97. The van der Waals surface area contributed by atoms with Crippen molar-refractivity contribution in [3.63, 3.8) is 0 Å². The van der Waals surface area contributed by atoms with Gasteiger partial charge in [-0.1, -0.05) is 17.7 Å². The van der Waals surface area contributed by atoms with Gasteiger partial charge in [-0.05, 0) is 95.9 Å². The van der Waals surface area contributed by atoms with E-state index >= 15 is 0 Å². The number of nitrogens with one attached hydrogen (secondary N) is 1. The molecule has 6 heteroatoms. The highest BCUT2D eigenvalue weighted by Gasteiger charge is 2.50. The minimum absolute atomic E-state index is 0.0194. The minimum atomic E-state index is -0.588. The summed E-state index contributed by atoms with van der Waals surface area (Å²) < 4.78 is 5.58. The molecule has 0 radical (unpaired) electrons. The van der Waals surface area contributed by atoms with Crippen LogP contribution in [0.1, 0.15) is 83.4 Å². The van der Waals surface area contributed by atoms with Gasteiger partial charge in [0.05, 0.1) is 0 Å². The predicted octanol–water partition coefficient (Wildman–Crippen LogP) is 5.11. The number of aliphatic hydroxyl groups excluding tert-OH is 1. The van der Waals surface area contributed by atoms with Crippen molar-refractivity contribution in [2.24, 2.45) is 0 Å². The quantitative estimate of drug-likeness (QED) is 0.646. The van der Waals surface area contributed by atoms with Crippen molar-refractivity contribution in [2.75, 3.05) is 13.1 Å². The Morgan fingerprint density at radius 1 is 1.27 bits per heavy atom. The number of halogens is 1. The van der Waals surface area contributed by atoms with Crippen molar-refractivity contribution in [3.8, 4) is 0 Å². The van der Waals surface area contributed by atoms with Gasteiger partial charge in [-0.25, -0.2) is 4.79 Å². The van der Waals surface area contributed by atoms with Crippen LogP contribution in [0.3, 0.4) is 0 Å². The maximum absolute atomic E-state index is 12.6. The summed E-state index contributed by atoms with van der Waals surface area (Å²) in [7, 11) is 0. The van der Waals surface area contributed by atoms with Crippen LogP contribution in [-0.2, 0) is 10.2 Å². The summed E-state index contributed by atoms with van der Waals surface area (Å²) in [6.07, 6.45) is 1.98. The van der Waals surface area contributed by atoms with Gasteiger partial charge < -0.3 is 14.7 Å². The molecule has 2 N–H and O–H groups in total. The largest absolute Gasteiger partial charge is 0.444 e. The lowest BCUT2D eigenvalue weighted by molar-refractivity contribution is 0.0155. The molecule has 2 aliphatic rings. The molecule has 1 aliphatic carbocycles. The number of carbonyl (C=O) groups excluding carboxylic acids is 1. The highest BCUT2D eigenvalue weighted by Crippen LogP contribution is 2.55. The van der Waals surface area contributed by atoms with Crippen molar-refractivity contribution in [1.82, 2.24) is 10.2 Å². The van der Waals surface area contributed by atoms with Crippen LogP contribution in [0.15, 0.2) is 12.1 Å². The van der Waals surface area contributed by atoms with Crippen molar-refractivity contribution < 1.29 is 14.6 Å². The van der Waals surface area contributed by atoms with E-state index in [2.05, 4.69) is 38.2 Å². The van der Waals surface area contributed by atoms with E-state index < -0.39 is 11.8 Å². The van der Waals surface area contributed by atoms with E-state index in [9.17, 15) is 9.90 Å². The Hall–Kier alpha value is -1.30. The summed E-state index contributed by atoms with van der Waals surface area (Å²) >= 11 is 6.53. The number of fused-ring (bicyclic) bond motifs is 2. The predicted molar refractivity (Wildman–Crippen MR) is 121 cm³/mol. The molecule has 0 saturated carbocycles. The molecule has 5 nitrogen and oxygen atoms in total. The number of nitrogens with zero attached hydrogens (tertiary/aromatic N) is 1. The molecule has 1 fully saturated rings. The summed E-state index contributed by atoms with van der Waals surface area (Å²) in [5, 5.41) is 14.1. The molecular formula is C24H37ClN2O3. The zero-order valence-electron chi connectivity index (χ0n) is 19.4. The Balaban J connectivity index is 1.89. The molecule has 1 saturated heterocycles. The molecule has 1 aromatic rings. The fourth-order valence-electron chi connectivity index (χ4n) is 5.26. The second-order valence-electron chi connectivity index (χ2n) is 10.7. The molecule has 1 amide bonds. The SMILES string of the molecule is Cc1cc2c(cc1Cl)C(C(C)(C)NC(C)O)CC21CCN(C(=O)OC(C)(C)C)CC1. The Morgan fingerprint density at radius 3 is 2.40 bits per heavy atom. The molecule has 1 aliphatic heterocycles. The zero-order valence-corrected chi connectivity index (χ0v) is 20.2. The lowest BCUT2D eigenvalue weighted by atomic mass is 9.72. The smallest absolute Gasteiger partial charge is 0.410 e. The Labute approximate surface area is 186 Å². The number of rotatable bonds is 3. The third-order valence-electron chi connectivity index (χ3n) is 6.70. The third kappa shape index (κ3) is 4.63. The standard InChI is InChI=1S/C24H37ClN2O3/c1-15-12-18-17(13-20(15)25)19(23(6,7)26-16(2)28)14-24(18)8-10-27(11-9-24)21(29)30-22(3,4)5/h12-13,16,19,26,28H,8-11,14H2,1-7H3. The van der Waals surface area contributed by atoms with Gasteiger partial charge in [0.25, 0.3) is 0 Å². The second kappa shape index (κ2) is 7.99. The van der Waals surface area contributed by atoms with Crippen LogP contribution in [0.4, 0.5) is 4.79 Å². The van der Waals surface area contributed by atoms with E-state index in [-0.39, 0.29) is 23.0 Å². The number of amides is 1. The Bertz CT molecular complexity index is 805. The molecule has 1 aromatic carbocycles. The lowest BCUT2D eigenvalue weighted by Crippen LogP contribution is -2.50. The number of aliphatic hydroxyl groups is 1. The summed E-state index contributed by atoms with van der Waals surface area (Å²) in [5.74, 6) is 0.230. The first kappa shape index (κ1) is 23.4. The lowest BCUT2D eigenvalue weighted by Gasteiger charge is -2.42. The van der Waals surface area contributed by atoms with Crippen molar-refractivity contribution in [1.29, 1.82) is 0 Å². The monoisotopic (exact) mass is 436 g/mol. The molecule has 0 bridgehead atoms. The van der Waals surface area contributed by atoms with Crippen LogP contribution >= 0.6 is 11.6 Å². The van der Waals surface area contributed by atoms with Gasteiger partial charge in [0.1, 0.15) is 11.8 Å². The van der Waals surface area contributed by atoms with Crippen molar-refractivity contribution in [3.05, 3.63) is 33.8 Å². The van der Waals surface area contributed by atoms with Crippen molar-refractivity contribution in [2.45, 2.75) is 96.4 Å². The topological polar surface area (TPSA) is 61.8 Å². The number of aryl methyl sites for hydroxylation is 1. The molecule has 1 spiro atoms. The van der Waals surface area contributed by atoms with E-state index in [0.29, 0.717) is 13.1 Å². The van der Waals surface area contributed by atoms with Gasteiger partial charge in [-0.15, -0.1) is 0 Å². The van der Waals surface area contributed by atoms with E-state index in [1.807, 2.05) is 25.7 Å². The van der Waals surface area contributed by atoms with Crippen LogP contribution in [0.2, 0.25) is 5.02 Å². The second-order valence-corrected chi connectivity index (χ2v) is 11.1. The Kier molecular flexibility index (Phi) is 6.23. The number of piperidine rings is 1. The summed E-state index contributed by atoms with van der Waals surface area (Å²) in [6.45, 7) is 15.2. The average molecular weight is 437 g/mol. The number of hydrogen-bond donors (Lipinski definition) is 2. The average Bonchev–Trinajstić information content (AvgIpc) is 2.88. The molecule has 0 aromatic heterocycles. The fraction of sp³-hybridized carbons (Fsp3) is 0.708. The highest BCUT2D eigenvalue weighted by molar-refractivity contribution is 6.31. The highest BCUT2D eigenvalue weighted by atomic mass is 35.5. The molecular weight excluding hydrogens is 400 g/mol. The molecule has 3 rings (SSSR count). The van der Waals surface area contributed by atoms with Crippen LogP contribution in [0.25, 0.3) is 0 Å². The van der Waals surface area contributed by atoms with Crippen molar-refractivity contribution >= 4 is 17.7 Å². The first-order valence-corrected chi connectivity index (χ1v) is 11.4. The third-order valence-corrected chi connectivity index (χ3v) is 7.10. The van der Waals surface area contributed by atoms with E-state index in [1.54, 1.807) is 6.92 Å². The minimum Gasteiger partial charge on any atom is -0.444 e. The van der Waals surface area contributed by atoms with Gasteiger partial charge >= 0.3 is 6.09 Å². The van der Waals surface area contributed by atoms with Gasteiger partial charge in [0.15, 0.2) is 0 Å². The summed E-state index contributed by atoms with van der Waals surface area (Å²) in [6, 6.07) is 4.37. The number of hydrogen-bond acceptors (Lipinski definition) is 4. The van der Waals surface area contributed by atoms with Gasteiger partial charge in [-0.2, -0.15) is 0 Å².